The number of rotatable bonds is 3. The molecule has 0 aromatic rings. The van der Waals surface area contributed by atoms with Gasteiger partial charge in [-0.15, -0.1) is 11.8 Å². The molecule has 1 heterocycles. The van der Waals surface area contributed by atoms with Crippen molar-refractivity contribution in [2.75, 3.05) is 26.0 Å². The lowest BCUT2D eigenvalue weighted by molar-refractivity contribution is 0.442. The topological polar surface area (TPSA) is 15.3 Å². The first-order valence-corrected chi connectivity index (χ1v) is 4.15. The van der Waals surface area contributed by atoms with Gasteiger partial charge in [0.05, 0.1) is 5.88 Å². The number of nitrogens with one attached hydrogen (secondary N) is 1. The van der Waals surface area contributed by atoms with Gasteiger partial charge in [0.2, 0.25) is 0 Å². The van der Waals surface area contributed by atoms with E-state index in [2.05, 4.69) is 21.8 Å². The van der Waals surface area contributed by atoms with E-state index < -0.39 is 0 Å². The summed E-state index contributed by atoms with van der Waals surface area (Å²) in [5, 5.41) is 5.24. The second kappa shape index (κ2) is 3.80. The fraction of sp³-hybridized carbons (Fsp3) is 0.667. The standard InChI is InChI=1S/C6H12N2S/c1-7-2-3-8-4-5-9-6-8/h4-5,7H,2-3,6H2,1H3. The molecule has 2 nitrogen and oxygen atoms in total. The highest BCUT2D eigenvalue weighted by atomic mass is 32.2. The van der Waals surface area contributed by atoms with E-state index in [9.17, 15) is 0 Å². The Bertz CT molecular complexity index is 103. The van der Waals surface area contributed by atoms with Crippen LogP contribution in [0.3, 0.4) is 0 Å². The van der Waals surface area contributed by atoms with Crippen LogP contribution in [0.5, 0.6) is 0 Å². The summed E-state index contributed by atoms with van der Waals surface area (Å²) in [5.41, 5.74) is 0. The van der Waals surface area contributed by atoms with Gasteiger partial charge in [-0.25, -0.2) is 0 Å². The molecule has 1 aliphatic rings. The molecule has 0 radical (unpaired) electrons. The molecule has 0 aromatic carbocycles. The van der Waals surface area contributed by atoms with Crippen molar-refractivity contribution in [2.24, 2.45) is 0 Å². The lowest BCUT2D eigenvalue weighted by atomic mass is 10.6. The van der Waals surface area contributed by atoms with E-state index in [1.807, 2.05) is 18.8 Å². The Morgan fingerprint density at radius 3 is 3.22 bits per heavy atom. The summed E-state index contributed by atoms with van der Waals surface area (Å²) in [4.78, 5) is 2.29. The smallest absolute Gasteiger partial charge is 0.0675 e. The third kappa shape index (κ3) is 2.28. The number of thioether (sulfide) groups is 1. The Morgan fingerprint density at radius 2 is 2.67 bits per heavy atom. The van der Waals surface area contributed by atoms with Crippen LogP contribution in [0.4, 0.5) is 0 Å². The summed E-state index contributed by atoms with van der Waals surface area (Å²) < 4.78 is 0. The molecule has 0 fully saturated rings. The minimum Gasteiger partial charge on any atom is -0.366 e. The maximum atomic E-state index is 3.11. The molecule has 0 spiro atoms. The quantitative estimate of drug-likeness (QED) is 0.627. The molecule has 1 rings (SSSR count). The second-order valence-electron chi connectivity index (χ2n) is 2.00. The monoisotopic (exact) mass is 144 g/mol. The Labute approximate surface area is 60.3 Å². The maximum Gasteiger partial charge on any atom is 0.0675 e. The molecule has 1 aliphatic heterocycles. The van der Waals surface area contributed by atoms with Gasteiger partial charge in [-0.3, -0.25) is 0 Å². The zero-order valence-electron chi connectivity index (χ0n) is 5.63. The summed E-state index contributed by atoms with van der Waals surface area (Å²) in [6.45, 7) is 2.20. The molecule has 52 valence electrons. The highest BCUT2D eigenvalue weighted by Gasteiger charge is 2.01. The summed E-state index contributed by atoms with van der Waals surface area (Å²) >= 11 is 1.85. The minimum absolute atomic E-state index is 1.07. The number of hydrogen-bond acceptors (Lipinski definition) is 3. The van der Waals surface area contributed by atoms with Crippen LogP contribution in [0, 0.1) is 0 Å². The highest BCUT2D eigenvalue weighted by molar-refractivity contribution is 8.02. The molecular weight excluding hydrogens is 132 g/mol. The molecule has 0 saturated heterocycles. The lowest BCUT2D eigenvalue weighted by Gasteiger charge is -2.12. The van der Waals surface area contributed by atoms with Gasteiger partial charge < -0.3 is 10.2 Å². The Balaban J connectivity index is 2.05. The van der Waals surface area contributed by atoms with Crippen molar-refractivity contribution in [3.8, 4) is 0 Å². The van der Waals surface area contributed by atoms with Gasteiger partial charge in [0.25, 0.3) is 0 Å². The molecule has 1 N–H and O–H groups in total. The Hall–Kier alpha value is -0.150. The normalized spacial score (nSPS) is 17.2. The van der Waals surface area contributed by atoms with Crippen molar-refractivity contribution < 1.29 is 0 Å². The van der Waals surface area contributed by atoms with Gasteiger partial charge in [0.1, 0.15) is 0 Å². The lowest BCUT2D eigenvalue weighted by Crippen LogP contribution is -2.24. The van der Waals surface area contributed by atoms with Gasteiger partial charge >= 0.3 is 0 Å². The largest absolute Gasteiger partial charge is 0.366 e. The fourth-order valence-corrected chi connectivity index (χ4v) is 1.46. The van der Waals surface area contributed by atoms with E-state index in [1.165, 1.54) is 0 Å². The molecule has 0 unspecified atom stereocenters. The molecular formula is C6H12N2S. The highest BCUT2D eigenvalue weighted by Crippen LogP contribution is 2.13. The first-order valence-electron chi connectivity index (χ1n) is 3.10. The molecule has 3 heteroatoms. The maximum absolute atomic E-state index is 3.11. The minimum atomic E-state index is 1.07. The first kappa shape index (κ1) is 6.96. The zero-order valence-corrected chi connectivity index (χ0v) is 6.45. The van der Waals surface area contributed by atoms with Gasteiger partial charge in [-0.05, 0) is 12.5 Å². The van der Waals surface area contributed by atoms with E-state index in [0.717, 1.165) is 19.0 Å². The zero-order chi connectivity index (χ0) is 6.53. The van der Waals surface area contributed by atoms with Crippen LogP contribution in [0.2, 0.25) is 0 Å². The van der Waals surface area contributed by atoms with Crippen molar-refractivity contribution in [2.45, 2.75) is 0 Å². The Morgan fingerprint density at radius 1 is 1.78 bits per heavy atom. The third-order valence-electron chi connectivity index (χ3n) is 1.26. The average molecular weight is 144 g/mol. The van der Waals surface area contributed by atoms with Crippen LogP contribution >= 0.6 is 11.8 Å². The van der Waals surface area contributed by atoms with Gasteiger partial charge in [0, 0.05) is 19.3 Å². The SMILES string of the molecule is CNCCN1C=CSC1. The van der Waals surface area contributed by atoms with Crippen LogP contribution in [0.1, 0.15) is 0 Å². The van der Waals surface area contributed by atoms with Crippen LogP contribution in [-0.4, -0.2) is 30.9 Å². The van der Waals surface area contributed by atoms with Crippen molar-refractivity contribution in [1.29, 1.82) is 0 Å². The van der Waals surface area contributed by atoms with Crippen molar-refractivity contribution in [1.82, 2.24) is 10.2 Å². The predicted octanol–water partition coefficient (Wildman–Crippen LogP) is 0.683. The van der Waals surface area contributed by atoms with E-state index >= 15 is 0 Å². The fourth-order valence-electron chi connectivity index (χ4n) is 0.705. The molecule has 0 aliphatic carbocycles. The van der Waals surface area contributed by atoms with Gasteiger partial charge in [-0.1, -0.05) is 0 Å². The predicted molar refractivity (Wildman–Crippen MR) is 42.2 cm³/mol. The number of nitrogens with zero attached hydrogens (tertiary/aromatic N) is 1. The molecule has 0 saturated carbocycles. The van der Waals surface area contributed by atoms with E-state index in [4.69, 9.17) is 0 Å². The van der Waals surface area contributed by atoms with E-state index in [0.29, 0.717) is 0 Å². The molecule has 0 amide bonds. The molecule has 0 bridgehead atoms. The summed E-state index contributed by atoms with van der Waals surface area (Å²) in [6, 6.07) is 0. The second-order valence-corrected chi connectivity index (χ2v) is 2.86. The molecule has 0 aromatic heterocycles. The average Bonchev–Trinajstić information content (AvgIpc) is 2.34. The van der Waals surface area contributed by atoms with Gasteiger partial charge in [0.15, 0.2) is 0 Å². The van der Waals surface area contributed by atoms with Crippen LogP contribution in [0.25, 0.3) is 0 Å². The van der Waals surface area contributed by atoms with E-state index in [1.54, 1.807) is 0 Å². The summed E-state index contributed by atoms with van der Waals surface area (Å²) in [5.74, 6) is 1.13. The molecule has 0 atom stereocenters. The van der Waals surface area contributed by atoms with Crippen molar-refractivity contribution >= 4 is 11.8 Å². The van der Waals surface area contributed by atoms with Gasteiger partial charge in [-0.2, -0.15) is 0 Å². The molecule has 9 heavy (non-hydrogen) atoms. The van der Waals surface area contributed by atoms with Crippen LogP contribution in [0.15, 0.2) is 11.6 Å². The number of likely N-dealkylation sites (N-methyl/N-ethyl adjacent to an activating group) is 1. The van der Waals surface area contributed by atoms with Crippen LogP contribution < -0.4 is 5.32 Å². The first-order chi connectivity index (χ1) is 4.43. The number of hydrogen-bond donors (Lipinski definition) is 1. The van der Waals surface area contributed by atoms with Crippen LogP contribution in [-0.2, 0) is 0 Å². The third-order valence-corrected chi connectivity index (χ3v) is 2.05. The summed E-state index contributed by atoms with van der Waals surface area (Å²) in [7, 11) is 1.98. The van der Waals surface area contributed by atoms with Crippen molar-refractivity contribution in [3.05, 3.63) is 11.6 Å². The summed E-state index contributed by atoms with van der Waals surface area (Å²) in [6.07, 6.45) is 2.14. The Kier molecular flexibility index (Phi) is 2.94. The van der Waals surface area contributed by atoms with Crippen molar-refractivity contribution in [3.63, 3.8) is 0 Å². The van der Waals surface area contributed by atoms with E-state index in [-0.39, 0.29) is 0 Å².